The molecule has 0 radical (unpaired) electrons. The van der Waals surface area contributed by atoms with Gasteiger partial charge in [-0.25, -0.2) is 29.5 Å². The summed E-state index contributed by atoms with van der Waals surface area (Å²) < 4.78 is 102. The molecule has 11 rings (SSSR count). The minimum absolute atomic E-state index is 0.0705. The highest BCUT2D eigenvalue weighted by Gasteiger charge is 2.43. The molecule has 4 atom stereocenters. The van der Waals surface area contributed by atoms with Gasteiger partial charge in [-0.15, -0.1) is 0 Å². The first-order chi connectivity index (χ1) is 36.8. The molecule has 3 saturated heterocycles. The molecule has 9 heterocycles. The maximum Gasteiger partial charge on any atom is 0.416 e. The second-order valence-electron chi connectivity index (χ2n) is 19.0. The molecule has 404 valence electrons. The van der Waals surface area contributed by atoms with Crippen molar-refractivity contribution < 1.29 is 65.1 Å². The summed E-state index contributed by atoms with van der Waals surface area (Å²) in [5.74, 6) is 1.06. The fourth-order valence-corrected chi connectivity index (χ4v) is 9.42. The Morgan fingerprint density at radius 2 is 1.19 bits per heavy atom. The largest absolute Gasteiger partial charge is 0.475 e. The zero-order valence-electron chi connectivity index (χ0n) is 41.2. The fourth-order valence-electron chi connectivity index (χ4n) is 9.42. The third kappa shape index (κ3) is 11.7. The summed E-state index contributed by atoms with van der Waals surface area (Å²) in [6, 6.07) is 18.0. The van der Waals surface area contributed by atoms with Crippen molar-refractivity contribution in [3.63, 3.8) is 0 Å². The quantitative estimate of drug-likeness (QED) is 0.0915. The number of aromatic nitrogens is 6. The van der Waals surface area contributed by atoms with Crippen molar-refractivity contribution >= 4 is 46.7 Å². The van der Waals surface area contributed by atoms with Crippen LogP contribution in [0.15, 0.2) is 97.3 Å². The predicted octanol–water partition coefficient (Wildman–Crippen LogP) is 7.64. The minimum atomic E-state index is -4.51. The Kier molecular flexibility index (Phi) is 14.5. The Morgan fingerprint density at radius 1 is 0.714 bits per heavy atom. The highest BCUT2D eigenvalue weighted by molar-refractivity contribution is 6.05. The number of pyridine rings is 2. The van der Waals surface area contributed by atoms with Gasteiger partial charge in [0.05, 0.1) is 60.2 Å². The summed E-state index contributed by atoms with van der Waals surface area (Å²) in [6.07, 6.45) is -5.85. The van der Waals surface area contributed by atoms with E-state index < -0.39 is 54.0 Å². The molecule has 4 amide bonds. The molecular formula is C51H50F6N12O8. The van der Waals surface area contributed by atoms with Gasteiger partial charge in [-0.2, -0.15) is 36.3 Å². The van der Waals surface area contributed by atoms with Gasteiger partial charge in [-0.3, -0.25) is 20.4 Å². The first kappa shape index (κ1) is 52.5. The molecule has 4 N–H and O–H groups in total. The number of alkyl halides is 6. The van der Waals surface area contributed by atoms with Crippen molar-refractivity contribution in [1.82, 2.24) is 29.9 Å². The van der Waals surface area contributed by atoms with Crippen molar-refractivity contribution in [2.45, 2.75) is 69.1 Å². The molecule has 4 aromatic heterocycles. The molecule has 5 aliphatic heterocycles. The second kappa shape index (κ2) is 21.2. The number of hydrogen-bond acceptors (Lipinski definition) is 16. The van der Waals surface area contributed by atoms with Crippen LogP contribution in [0, 0.1) is 0 Å². The molecule has 0 aliphatic carbocycles. The van der Waals surface area contributed by atoms with Crippen LogP contribution < -0.4 is 39.7 Å². The summed E-state index contributed by atoms with van der Waals surface area (Å²) in [6.45, 7) is 6.23. The lowest BCUT2D eigenvalue weighted by Crippen LogP contribution is -2.48. The lowest BCUT2D eigenvalue weighted by molar-refractivity contribution is -0.141. The Morgan fingerprint density at radius 3 is 1.65 bits per heavy atom. The van der Waals surface area contributed by atoms with Gasteiger partial charge >= 0.3 is 24.4 Å². The number of aliphatic hydroxyl groups is 2. The molecule has 26 heteroatoms. The lowest BCUT2D eigenvalue weighted by atomic mass is 10.1. The standard InChI is InChI=1S/C27H27F3N6O4.C24H23F3N6O4/c1-26(2)39-15-19(40-26)14-38-22-8-4-7-21(32-22)33-25(37)36-18-9-10-35(13-18)20-12-31-23(34-24(20)36)16-5-3-6-17(11-16)27(28,29)30;25-24(26,27)15-4-1-3-14(9-15)21-28-10-18-22(31-21)33(16-7-8-32(18)11-16)23(36)30-19-5-2-6-20(29-19)37-13-17(35)12-34/h3-8,11-12,18-19H,9-10,13-15H2,1-2H3,(H,32,33,37);1-6,9-10,16-17,34-35H,7-8,11-13H2,(H,29,30,36)/t18-,19-;16-,17+/m00/s1. The van der Waals surface area contributed by atoms with Crippen LogP contribution in [-0.2, 0) is 21.8 Å². The van der Waals surface area contributed by atoms with Crippen molar-refractivity contribution in [3.05, 3.63) is 108 Å². The maximum absolute atomic E-state index is 13.6. The first-order valence-electron chi connectivity index (χ1n) is 24.4. The molecule has 2 aromatic carbocycles. The molecule has 3 fully saturated rings. The maximum atomic E-state index is 13.6. The molecule has 20 nitrogen and oxygen atoms in total. The van der Waals surface area contributed by atoms with Crippen LogP contribution in [0.1, 0.15) is 37.8 Å². The average molecular weight is 1070 g/mol. The van der Waals surface area contributed by atoms with Crippen LogP contribution in [0.25, 0.3) is 22.8 Å². The number of hydrogen-bond donors (Lipinski definition) is 4. The van der Waals surface area contributed by atoms with Crippen molar-refractivity contribution in [2.24, 2.45) is 0 Å². The van der Waals surface area contributed by atoms with Crippen LogP contribution >= 0.6 is 0 Å². The van der Waals surface area contributed by atoms with Gasteiger partial charge in [0, 0.05) is 49.4 Å². The Balaban J connectivity index is 0.000000175. The number of amides is 4. The number of benzene rings is 2. The Bertz CT molecular complexity index is 3160. The van der Waals surface area contributed by atoms with E-state index in [1.807, 2.05) is 18.7 Å². The minimum Gasteiger partial charge on any atom is -0.475 e. The molecule has 77 heavy (non-hydrogen) atoms. The zero-order chi connectivity index (χ0) is 54.2. The molecule has 6 aromatic rings. The van der Waals surface area contributed by atoms with Crippen molar-refractivity contribution in [1.29, 1.82) is 0 Å². The number of carbonyl (C=O) groups excluding carboxylic acids is 2. The van der Waals surface area contributed by atoms with Gasteiger partial charge in [-0.1, -0.05) is 36.4 Å². The highest BCUT2D eigenvalue weighted by Crippen LogP contribution is 2.42. The number of ether oxygens (including phenoxy) is 4. The van der Waals surface area contributed by atoms with Gasteiger partial charge in [0.1, 0.15) is 37.1 Å². The number of carbonyl (C=O) groups is 2. The van der Waals surface area contributed by atoms with E-state index >= 15 is 0 Å². The smallest absolute Gasteiger partial charge is 0.416 e. The molecule has 5 aliphatic rings. The first-order valence-corrected chi connectivity index (χ1v) is 24.4. The molecular weight excluding hydrogens is 1020 g/mol. The van der Waals surface area contributed by atoms with Crippen molar-refractivity contribution in [3.8, 4) is 34.5 Å². The number of aliphatic hydroxyl groups excluding tert-OH is 2. The molecule has 0 unspecified atom stereocenters. The van der Waals surface area contributed by atoms with Crippen LogP contribution in [0.5, 0.6) is 11.8 Å². The summed E-state index contributed by atoms with van der Waals surface area (Å²) in [7, 11) is 0. The predicted molar refractivity (Wildman–Crippen MR) is 267 cm³/mol. The monoisotopic (exact) mass is 1070 g/mol. The van der Waals surface area contributed by atoms with Crippen LogP contribution in [0.4, 0.5) is 70.6 Å². The second-order valence-corrected chi connectivity index (χ2v) is 19.0. The molecule has 0 saturated carbocycles. The summed E-state index contributed by atoms with van der Waals surface area (Å²) in [5.41, 5.74) is 0.0343. The van der Waals surface area contributed by atoms with E-state index in [9.17, 15) is 41.0 Å². The normalized spacial score (nSPS) is 19.4. The van der Waals surface area contributed by atoms with Crippen molar-refractivity contribution in [2.75, 3.05) is 82.8 Å². The number of fused-ring (bicyclic) bond motifs is 8. The lowest BCUT2D eigenvalue weighted by Gasteiger charge is -2.35. The van der Waals surface area contributed by atoms with E-state index in [1.54, 1.807) is 47.5 Å². The Labute approximate surface area is 435 Å². The van der Waals surface area contributed by atoms with Gasteiger partial charge in [0.25, 0.3) is 0 Å². The third-order valence-corrected chi connectivity index (χ3v) is 13.1. The number of anilines is 6. The highest BCUT2D eigenvalue weighted by atomic mass is 19.4. The van der Waals surface area contributed by atoms with Gasteiger partial charge in [0.2, 0.25) is 11.8 Å². The van der Waals surface area contributed by atoms with E-state index in [0.29, 0.717) is 74.5 Å². The molecule has 4 bridgehead atoms. The van der Waals surface area contributed by atoms with E-state index in [4.69, 9.17) is 24.1 Å². The topological polar surface area (TPSA) is 226 Å². The number of nitrogens with zero attached hydrogens (tertiary/aromatic N) is 10. The summed E-state index contributed by atoms with van der Waals surface area (Å²) >= 11 is 0. The SMILES string of the molecule is CC1(C)OC[C@H](COc2cccc(NC(=O)N3c4nc(-c5cccc(C(F)(F)F)c5)ncc4N4CC[C@H]3C4)n2)O1.O=C(Nc1cccc(OC[C@H](O)CO)n1)N1c2nc(-c3cccc(C(F)(F)F)c3)ncc2N2CC[C@H]1C2. The van der Waals surface area contributed by atoms with Crippen LogP contribution in [0.2, 0.25) is 0 Å². The fraction of sp³-hybridized carbons (Fsp3) is 0.373. The number of rotatable bonds is 11. The summed E-state index contributed by atoms with van der Waals surface area (Å²) in [5, 5.41) is 23.9. The van der Waals surface area contributed by atoms with E-state index in [2.05, 4.69) is 45.4 Å². The van der Waals surface area contributed by atoms with Gasteiger partial charge in [0.15, 0.2) is 29.1 Å². The van der Waals surface area contributed by atoms with Gasteiger partial charge in [-0.05, 0) is 63.1 Å². The summed E-state index contributed by atoms with van der Waals surface area (Å²) in [4.78, 5) is 60.4. The number of halogens is 6. The number of urea groups is 2. The zero-order valence-corrected chi connectivity index (χ0v) is 41.2. The average Bonchev–Trinajstić information content (AvgIpc) is 4.16. The number of nitrogens with one attached hydrogen (secondary N) is 2. The van der Waals surface area contributed by atoms with Gasteiger partial charge < -0.3 is 39.0 Å². The van der Waals surface area contributed by atoms with Crippen LogP contribution in [-0.4, -0.2) is 135 Å². The van der Waals surface area contributed by atoms with E-state index in [-0.39, 0.29) is 71.7 Å². The van der Waals surface area contributed by atoms with Crippen LogP contribution in [0.3, 0.4) is 0 Å². The van der Waals surface area contributed by atoms with E-state index in [1.165, 1.54) is 35.4 Å². The molecule has 0 spiro atoms. The Hall–Kier alpha value is -7.94. The third-order valence-electron chi connectivity index (χ3n) is 13.1. The van der Waals surface area contributed by atoms with E-state index in [0.717, 1.165) is 24.3 Å².